The summed E-state index contributed by atoms with van der Waals surface area (Å²) < 4.78 is 20.5. The molecule has 3 heterocycles. The van der Waals surface area contributed by atoms with Gasteiger partial charge in [-0.15, -0.1) is 0 Å². The van der Waals surface area contributed by atoms with Crippen molar-refractivity contribution in [1.29, 1.82) is 0 Å². The molecular formula is C35H41FN4O3. The van der Waals surface area contributed by atoms with Gasteiger partial charge in [0, 0.05) is 56.0 Å². The number of aryl methyl sites for hydroxylation is 1. The Kier molecular flexibility index (Phi) is 8.93. The van der Waals surface area contributed by atoms with Gasteiger partial charge >= 0.3 is 0 Å². The van der Waals surface area contributed by atoms with Gasteiger partial charge in [-0.2, -0.15) is 0 Å². The topological polar surface area (TPSA) is 73.9 Å². The fourth-order valence-corrected chi connectivity index (χ4v) is 6.80. The fraction of sp³-hybridized carbons (Fsp3) is 0.429. The van der Waals surface area contributed by atoms with Crippen LogP contribution in [0.3, 0.4) is 0 Å². The lowest BCUT2D eigenvalue weighted by Gasteiger charge is -2.41. The Labute approximate surface area is 253 Å². The van der Waals surface area contributed by atoms with Gasteiger partial charge in [0.25, 0.3) is 5.91 Å². The van der Waals surface area contributed by atoms with Crippen LogP contribution in [-0.4, -0.2) is 55.6 Å². The molecule has 0 radical (unpaired) electrons. The molecular weight excluding hydrogens is 543 g/mol. The van der Waals surface area contributed by atoms with Crippen LogP contribution in [0.15, 0.2) is 66.7 Å². The van der Waals surface area contributed by atoms with Crippen molar-refractivity contribution < 1.29 is 18.7 Å². The summed E-state index contributed by atoms with van der Waals surface area (Å²) in [6.07, 6.45) is 5.55. The molecule has 3 aromatic carbocycles. The summed E-state index contributed by atoms with van der Waals surface area (Å²) in [6.45, 7) is 5.75. The van der Waals surface area contributed by atoms with Gasteiger partial charge in [0.15, 0.2) is 0 Å². The Bertz CT molecular complexity index is 1410. The van der Waals surface area contributed by atoms with Crippen molar-refractivity contribution in [3.63, 3.8) is 0 Å². The first-order chi connectivity index (χ1) is 21.0. The molecule has 3 saturated heterocycles. The summed E-state index contributed by atoms with van der Waals surface area (Å²) in [5.41, 5.74) is 4.38. The third-order valence-electron chi connectivity index (χ3n) is 9.09. The van der Waals surface area contributed by atoms with Crippen LogP contribution in [-0.2, 0) is 9.53 Å². The number of nitrogens with zero attached hydrogens (tertiary/aromatic N) is 2. The zero-order chi connectivity index (χ0) is 29.8. The molecule has 8 heteroatoms. The SMILES string of the molecule is Cc1cccc(F)c1C(=O)N1CCCC(C(=O)Nc2cccc(N3CCCC3)c2)C1c1ccc(NC2CCOCC2)cc1. The molecule has 43 heavy (non-hydrogen) atoms. The van der Waals surface area contributed by atoms with Crippen molar-refractivity contribution in [1.82, 2.24) is 4.90 Å². The lowest BCUT2D eigenvalue weighted by Crippen LogP contribution is -2.46. The molecule has 2 amide bonds. The molecule has 0 bridgehead atoms. The van der Waals surface area contributed by atoms with Crippen LogP contribution in [0.4, 0.5) is 21.5 Å². The first-order valence-electron chi connectivity index (χ1n) is 15.6. The zero-order valence-electron chi connectivity index (χ0n) is 24.9. The number of hydrogen-bond donors (Lipinski definition) is 2. The molecule has 0 spiro atoms. The molecule has 7 nitrogen and oxygen atoms in total. The number of halogens is 1. The van der Waals surface area contributed by atoms with E-state index in [4.69, 9.17) is 4.74 Å². The zero-order valence-corrected chi connectivity index (χ0v) is 24.9. The number of carbonyl (C=O) groups excluding carboxylic acids is 2. The van der Waals surface area contributed by atoms with Gasteiger partial charge in [0.2, 0.25) is 5.91 Å². The van der Waals surface area contributed by atoms with E-state index in [0.717, 1.165) is 61.8 Å². The molecule has 3 fully saturated rings. The lowest BCUT2D eigenvalue weighted by molar-refractivity contribution is -0.123. The maximum absolute atomic E-state index is 15.0. The molecule has 226 valence electrons. The van der Waals surface area contributed by atoms with E-state index in [0.29, 0.717) is 31.0 Å². The van der Waals surface area contributed by atoms with Crippen LogP contribution in [0, 0.1) is 18.7 Å². The average Bonchev–Trinajstić information content (AvgIpc) is 3.57. The third-order valence-corrected chi connectivity index (χ3v) is 9.09. The summed E-state index contributed by atoms with van der Waals surface area (Å²) in [5, 5.41) is 6.75. The van der Waals surface area contributed by atoms with Gasteiger partial charge in [0.05, 0.1) is 17.5 Å². The molecule has 3 aromatic rings. The highest BCUT2D eigenvalue weighted by Crippen LogP contribution is 2.39. The Morgan fingerprint density at radius 1 is 0.860 bits per heavy atom. The largest absolute Gasteiger partial charge is 0.382 e. The van der Waals surface area contributed by atoms with Gasteiger partial charge in [-0.1, -0.05) is 30.3 Å². The number of piperidine rings is 1. The summed E-state index contributed by atoms with van der Waals surface area (Å²) in [6, 6.07) is 20.6. The van der Waals surface area contributed by atoms with Crippen LogP contribution in [0.1, 0.15) is 66.1 Å². The number of anilines is 3. The predicted octanol–water partition coefficient (Wildman–Crippen LogP) is 6.56. The molecule has 2 atom stereocenters. The molecule has 3 aliphatic rings. The van der Waals surface area contributed by atoms with E-state index in [1.54, 1.807) is 24.0 Å². The fourth-order valence-electron chi connectivity index (χ4n) is 6.80. The Balaban J connectivity index is 1.29. The van der Waals surface area contributed by atoms with Crippen LogP contribution in [0.5, 0.6) is 0 Å². The van der Waals surface area contributed by atoms with E-state index in [1.165, 1.54) is 18.9 Å². The summed E-state index contributed by atoms with van der Waals surface area (Å²) in [4.78, 5) is 32.0. The average molecular weight is 585 g/mol. The van der Waals surface area contributed by atoms with E-state index in [9.17, 15) is 9.59 Å². The van der Waals surface area contributed by atoms with E-state index in [-0.39, 0.29) is 17.4 Å². The van der Waals surface area contributed by atoms with Crippen LogP contribution >= 0.6 is 0 Å². The first-order valence-corrected chi connectivity index (χ1v) is 15.6. The number of hydrogen-bond acceptors (Lipinski definition) is 5. The Morgan fingerprint density at radius 2 is 1.60 bits per heavy atom. The van der Waals surface area contributed by atoms with Gasteiger partial charge in [-0.25, -0.2) is 4.39 Å². The minimum absolute atomic E-state index is 0.0738. The number of amides is 2. The van der Waals surface area contributed by atoms with Gasteiger partial charge in [0.1, 0.15) is 5.82 Å². The lowest BCUT2D eigenvalue weighted by atomic mass is 9.83. The molecule has 6 rings (SSSR count). The smallest absolute Gasteiger partial charge is 0.257 e. The number of carbonyl (C=O) groups is 2. The summed E-state index contributed by atoms with van der Waals surface area (Å²) in [5.74, 6) is -1.53. The van der Waals surface area contributed by atoms with E-state index < -0.39 is 17.8 Å². The minimum atomic E-state index is -0.537. The van der Waals surface area contributed by atoms with Crippen molar-refractivity contribution in [3.05, 3.63) is 89.2 Å². The minimum Gasteiger partial charge on any atom is -0.382 e. The number of rotatable bonds is 7. The molecule has 0 aliphatic carbocycles. The van der Waals surface area contributed by atoms with Crippen molar-refractivity contribution in [2.75, 3.05) is 48.4 Å². The number of benzene rings is 3. The number of likely N-dealkylation sites (tertiary alicyclic amines) is 1. The molecule has 0 saturated carbocycles. The second kappa shape index (κ2) is 13.2. The standard InChI is InChI=1S/C35H41FN4O3/c1-24-7-4-11-31(36)32(24)35(42)40-20-6-10-30(34(41)38-28-8-5-9-29(23-28)39-18-2-3-19-39)33(40)25-12-14-26(15-13-25)37-27-16-21-43-22-17-27/h4-5,7-9,11-15,23,27,30,33,37H,2-3,6,10,16-22H2,1H3,(H,38,41). The predicted molar refractivity (Wildman–Crippen MR) is 168 cm³/mol. The number of nitrogens with one attached hydrogen (secondary N) is 2. The molecule has 2 unspecified atom stereocenters. The highest BCUT2D eigenvalue weighted by atomic mass is 19.1. The number of ether oxygens (including phenoxy) is 1. The summed E-state index contributed by atoms with van der Waals surface area (Å²) in [7, 11) is 0. The van der Waals surface area contributed by atoms with Crippen molar-refractivity contribution in [2.45, 2.75) is 57.5 Å². The third kappa shape index (κ3) is 6.54. The quantitative estimate of drug-likeness (QED) is 0.329. The Hall–Kier alpha value is -3.91. The van der Waals surface area contributed by atoms with Gasteiger partial charge < -0.3 is 25.2 Å². The van der Waals surface area contributed by atoms with Crippen molar-refractivity contribution in [3.8, 4) is 0 Å². The van der Waals surface area contributed by atoms with E-state index in [1.807, 2.05) is 42.5 Å². The first kappa shape index (κ1) is 29.2. The second-order valence-corrected chi connectivity index (χ2v) is 12.0. The van der Waals surface area contributed by atoms with Crippen molar-refractivity contribution in [2.24, 2.45) is 5.92 Å². The Morgan fingerprint density at radius 3 is 2.35 bits per heavy atom. The summed E-state index contributed by atoms with van der Waals surface area (Å²) >= 11 is 0. The second-order valence-electron chi connectivity index (χ2n) is 12.0. The van der Waals surface area contributed by atoms with Gasteiger partial charge in [-0.3, -0.25) is 9.59 Å². The maximum Gasteiger partial charge on any atom is 0.257 e. The normalized spacial score (nSPS) is 21.1. The van der Waals surface area contributed by atoms with Crippen LogP contribution in [0.25, 0.3) is 0 Å². The highest BCUT2D eigenvalue weighted by molar-refractivity contribution is 5.98. The van der Waals surface area contributed by atoms with E-state index >= 15 is 4.39 Å². The van der Waals surface area contributed by atoms with Crippen LogP contribution in [0.2, 0.25) is 0 Å². The molecule has 3 aliphatic heterocycles. The van der Waals surface area contributed by atoms with Crippen LogP contribution < -0.4 is 15.5 Å². The highest BCUT2D eigenvalue weighted by Gasteiger charge is 2.40. The molecule has 0 aromatic heterocycles. The van der Waals surface area contributed by atoms with E-state index in [2.05, 4.69) is 21.6 Å². The molecule has 2 N–H and O–H groups in total. The maximum atomic E-state index is 15.0. The van der Waals surface area contributed by atoms with Crippen molar-refractivity contribution >= 4 is 28.9 Å². The monoisotopic (exact) mass is 584 g/mol. The van der Waals surface area contributed by atoms with Gasteiger partial charge in [-0.05, 0) is 93.0 Å².